The first kappa shape index (κ1) is 7.80. The fourth-order valence-electron chi connectivity index (χ4n) is 1.10. The molecule has 2 nitrogen and oxygen atoms in total. The largest absolute Gasteiger partial charge is 0.248 e. The van der Waals surface area contributed by atoms with Crippen LogP contribution in [0.2, 0.25) is 0 Å². The molecule has 2 heteroatoms. The predicted octanol–water partition coefficient (Wildman–Crippen LogP) is 2.51. The Bertz CT molecular complexity index is 374. The molecule has 0 saturated heterocycles. The average molecular weight is 170 g/mol. The molecule has 0 saturated carbocycles. The van der Waals surface area contributed by atoms with E-state index in [1.807, 2.05) is 42.7 Å². The third kappa shape index (κ3) is 2.06. The topological polar surface area (TPSA) is 17.8 Å². The van der Waals surface area contributed by atoms with Crippen molar-refractivity contribution in [3.05, 3.63) is 54.4 Å². The Balaban J connectivity index is 2.15. The Morgan fingerprint density at radius 3 is 2.62 bits per heavy atom. The van der Waals surface area contributed by atoms with Gasteiger partial charge in [0.2, 0.25) is 0 Å². The molecule has 0 atom stereocenters. The van der Waals surface area contributed by atoms with Gasteiger partial charge in [0.1, 0.15) is 0 Å². The second-order valence-corrected chi connectivity index (χ2v) is 2.71. The van der Waals surface area contributed by atoms with Gasteiger partial charge in [0.25, 0.3) is 0 Å². The van der Waals surface area contributed by atoms with Crippen molar-refractivity contribution in [3.8, 4) is 0 Å². The van der Waals surface area contributed by atoms with E-state index in [0.717, 1.165) is 0 Å². The lowest BCUT2D eigenvalue weighted by Gasteiger charge is -1.91. The summed E-state index contributed by atoms with van der Waals surface area (Å²) in [6, 6.07) is 12.0. The SMILES string of the molecule is C(=Cn1cccn1)c1ccccc1. The highest BCUT2D eigenvalue weighted by atomic mass is 15.2. The van der Waals surface area contributed by atoms with Crippen LogP contribution in [-0.2, 0) is 0 Å². The molecule has 1 heterocycles. The van der Waals surface area contributed by atoms with Crippen LogP contribution in [0, 0.1) is 0 Å². The molecule has 0 bridgehead atoms. The Labute approximate surface area is 77.1 Å². The Kier molecular flexibility index (Phi) is 2.23. The van der Waals surface area contributed by atoms with Crippen LogP contribution in [0.4, 0.5) is 0 Å². The Morgan fingerprint density at radius 1 is 1.08 bits per heavy atom. The van der Waals surface area contributed by atoms with E-state index in [1.165, 1.54) is 5.56 Å². The second kappa shape index (κ2) is 3.72. The first-order valence-corrected chi connectivity index (χ1v) is 4.17. The number of hydrogen-bond donors (Lipinski definition) is 0. The first-order valence-electron chi connectivity index (χ1n) is 4.17. The molecule has 0 amide bonds. The Morgan fingerprint density at radius 2 is 1.92 bits per heavy atom. The van der Waals surface area contributed by atoms with Gasteiger partial charge < -0.3 is 0 Å². The maximum absolute atomic E-state index is 4.06. The summed E-state index contributed by atoms with van der Waals surface area (Å²) in [4.78, 5) is 0. The molecule has 0 aliphatic rings. The van der Waals surface area contributed by atoms with Crippen molar-refractivity contribution < 1.29 is 0 Å². The molecule has 13 heavy (non-hydrogen) atoms. The summed E-state index contributed by atoms with van der Waals surface area (Å²) in [6.45, 7) is 0. The minimum Gasteiger partial charge on any atom is -0.248 e. The quantitative estimate of drug-likeness (QED) is 0.677. The van der Waals surface area contributed by atoms with E-state index in [0.29, 0.717) is 0 Å². The standard InChI is InChI=1S/C11H10N2/c1-2-5-11(6-3-1)7-10-13-9-4-8-12-13/h1-10H. The summed E-state index contributed by atoms with van der Waals surface area (Å²) in [5, 5.41) is 4.06. The molecule has 64 valence electrons. The van der Waals surface area contributed by atoms with E-state index in [1.54, 1.807) is 10.9 Å². The third-order valence-corrected chi connectivity index (χ3v) is 1.74. The fourth-order valence-corrected chi connectivity index (χ4v) is 1.10. The van der Waals surface area contributed by atoms with Gasteiger partial charge in [-0.3, -0.25) is 0 Å². The predicted molar refractivity (Wildman–Crippen MR) is 53.9 cm³/mol. The molecule has 1 aromatic carbocycles. The number of aromatic nitrogens is 2. The van der Waals surface area contributed by atoms with Crippen molar-refractivity contribution in [2.45, 2.75) is 0 Å². The number of nitrogens with zero attached hydrogens (tertiary/aromatic N) is 2. The van der Waals surface area contributed by atoms with Gasteiger partial charge >= 0.3 is 0 Å². The lowest BCUT2D eigenvalue weighted by atomic mass is 10.2. The van der Waals surface area contributed by atoms with Crippen molar-refractivity contribution in [2.24, 2.45) is 0 Å². The van der Waals surface area contributed by atoms with Gasteiger partial charge in [-0.2, -0.15) is 5.10 Å². The number of rotatable bonds is 2. The zero-order valence-corrected chi connectivity index (χ0v) is 7.17. The fraction of sp³-hybridized carbons (Fsp3) is 0. The lowest BCUT2D eigenvalue weighted by Crippen LogP contribution is -1.83. The van der Waals surface area contributed by atoms with Crippen LogP contribution in [0.3, 0.4) is 0 Å². The normalized spacial score (nSPS) is 10.8. The van der Waals surface area contributed by atoms with Crippen molar-refractivity contribution in [3.63, 3.8) is 0 Å². The average Bonchev–Trinajstić information content (AvgIpc) is 2.69. The number of hydrogen-bond acceptors (Lipinski definition) is 1. The molecule has 0 spiro atoms. The van der Waals surface area contributed by atoms with Gasteiger partial charge in [-0.25, -0.2) is 4.68 Å². The van der Waals surface area contributed by atoms with Crippen molar-refractivity contribution >= 4 is 12.3 Å². The van der Waals surface area contributed by atoms with Gasteiger partial charge in [0.05, 0.1) is 0 Å². The van der Waals surface area contributed by atoms with E-state index in [4.69, 9.17) is 0 Å². The van der Waals surface area contributed by atoms with Crippen molar-refractivity contribution in [1.82, 2.24) is 9.78 Å². The van der Waals surface area contributed by atoms with Crippen LogP contribution in [0.25, 0.3) is 12.3 Å². The maximum Gasteiger partial charge on any atom is 0.0493 e. The van der Waals surface area contributed by atoms with E-state index >= 15 is 0 Å². The molecule has 2 rings (SSSR count). The van der Waals surface area contributed by atoms with Crippen LogP contribution in [0.1, 0.15) is 5.56 Å². The molecule has 2 aromatic rings. The highest BCUT2D eigenvalue weighted by Gasteiger charge is 1.83. The molecule has 0 aliphatic heterocycles. The summed E-state index contributed by atoms with van der Waals surface area (Å²) < 4.78 is 1.77. The highest BCUT2D eigenvalue weighted by Crippen LogP contribution is 2.01. The van der Waals surface area contributed by atoms with Gasteiger partial charge in [0.15, 0.2) is 0 Å². The second-order valence-electron chi connectivity index (χ2n) is 2.71. The molecule has 0 fully saturated rings. The summed E-state index contributed by atoms with van der Waals surface area (Å²) in [7, 11) is 0. The molecular weight excluding hydrogens is 160 g/mol. The van der Waals surface area contributed by atoms with Gasteiger partial charge in [0, 0.05) is 18.6 Å². The summed E-state index contributed by atoms with van der Waals surface area (Å²) in [5.41, 5.74) is 1.18. The number of benzene rings is 1. The van der Waals surface area contributed by atoms with Crippen molar-refractivity contribution in [1.29, 1.82) is 0 Å². The van der Waals surface area contributed by atoms with Crippen LogP contribution in [-0.4, -0.2) is 9.78 Å². The highest BCUT2D eigenvalue weighted by molar-refractivity contribution is 5.59. The monoisotopic (exact) mass is 170 g/mol. The zero-order chi connectivity index (χ0) is 8.93. The zero-order valence-electron chi connectivity index (χ0n) is 7.17. The van der Waals surface area contributed by atoms with Crippen LogP contribution in [0.15, 0.2) is 48.8 Å². The van der Waals surface area contributed by atoms with Gasteiger partial charge in [-0.05, 0) is 17.7 Å². The summed E-state index contributed by atoms with van der Waals surface area (Å²) in [6.07, 6.45) is 7.61. The van der Waals surface area contributed by atoms with Gasteiger partial charge in [-0.15, -0.1) is 0 Å². The molecule has 0 aliphatic carbocycles. The van der Waals surface area contributed by atoms with E-state index in [-0.39, 0.29) is 0 Å². The molecule has 0 unspecified atom stereocenters. The minimum absolute atomic E-state index is 1.18. The Hall–Kier alpha value is -1.83. The first-order chi connectivity index (χ1) is 6.45. The minimum atomic E-state index is 1.18. The smallest absolute Gasteiger partial charge is 0.0493 e. The van der Waals surface area contributed by atoms with Crippen LogP contribution in [0.5, 0.6) is 0 Å². The van der Waals surface area contributed by atoms with Crippen molar-refractivity contribution in [2.75, 3.05) is 0 Å². The summed E-state index contributed by atoms with van der Waals surface area (Å²) >= 11 is 0. The van der Waals surface area contributed by atoms with E-state index < -0.39 is 0 Å². The molecule has 0 radical (unpaired) electrons. The van der Waals surface area contributed by atoms with E-state index in [2.05, 4.69) is 17.2 Å². The molecule has 1 aromatic heterocycles. The molecule has 0 N–H and O–H groups in total. The van der Waals surface area contributed by atoms with Crippen LogP contribution >= 0.6 is 0 Å². The maximum atomic E-state index is 4.06. The van der Waals surface area contributed by atoms with Gasteiger partial charge in [-0.1, -0.05) is 30.3 Å². The third-order valence-electron chi connectivity index (χ3n) is 1.74. The van der Waals surface area contributed by atoms with E-state index in [9.17, 15) is 0 Å². The molecular formula is C11H10N2. The summed E-state index contributed by atoms with van der Waals surface area (Å²) in [5.74, 6) is 0. The lowest BCUT2D eigenvalue weighted by molar-refractivity contribution is 0.938. The van der Waals surface area contributed by atoms with Crippen LogP contribution < -0.4 is 0 Å².